The molecule has 3 atom stereocenters. The summed E-state index contributed by atoms with van der Waals surface area (Å²) in [6.07, 6.45) is -4.21. The van der Waals surface area contributed by atoms with Crippen molar-refractivity contribution in [3.63, 3.8) is 0 Å². The quantitative estimate of drug-likeness (QED) is 0.0439. The lowest BCUT2D eigenvalue weighted by Crippen LogP contribution is -2.55. The Balaban J connectivity index is 0.759. The second-order valence-electron chi connectivity index (χ2n) is 18.8. The number of carbonyl (C=O) groups excluding carboxylic acids is 5. The van der Waals surface area contributed by atoms with Gasteiger partial charge in [-0.1, -0.05) is 50.2 Å². The molecule has 3 aliphatic rings. The van der Waals surface area contributed by atoms with Crippen molar-refractivity contribution < 1.29 is 70.7 Å². The highest BCUT2D eigenvalue weighted by atomic mass is 32.2. The van der Waals surface area contributed by atoms with Crippen LogP contribution >= 0.6 is 23.1 Å². The number of methoxy groups -OCH3 is 1. The average Bonchev–Trinajstić information content (AvgIpc) is 4.39. The van der Waals surface area contributed by atoms with Gasteiger partial charge in [0.1, 0.15) is 30.2 Å². The van der Waals surface area contributed by atoms with Gasteiger partial charge >= 0.3 is 6.18 Å². The molecular formula is C56H57F3N6O12S2. The van der Waals surface area contributed by atoms with Crippen molar-refractivity contribution in [1.29, 1.82) is 5.26 Å². The SMILES string of the molecule is COc1cc(/C=C2\SC(=O)N(CCOCCOCCOCCOc3cc(-c4scnc4C)ccc3CNC(=O)[C@@H]3C[C@@H](O)CN3C(=O)[C@H](C(C)C)N3Cc4ccccc4C3=O)C2=O)ccc1Oc1ccc(C#N)cc1C(F)(F)F. The van der Waals surface area contributed by atoms with Gasteiger partial charge in [0.25, 0.3) is 17.1 Å². The van der Waals surface area contributed by atoms with Crippen LogP contribution in [0.4, 0.5) is 18.0 Å². The minimum atomic E-state index is -4.79. The summed E-state index contributed by atoms with van der Waals surface area (Å²) in [6.45, 7) is 7.21. The molecule has 2 saturated heterocycles. The van der Waals surface area contributed by atoms with Crippen LogP contribution in [0.2, 0.25) is 0 Å². The second-order valence-corrected chi connectivity index (χ2v) is 20.7. The van der Waals surface area contributed by atoms with E-state index in [9.17, 15) is 42.3 Å². The number of thiazole rings is 1. The summed E-state index contributed by atoms with van der Waals surface area (Å²) in [5.74, 6) is -1.89. The Kier molecular flexibility index (Phi) is 19.1. The monoisotopic (exact) mass is 1130 g/mol. The number of rotatable bonds is 24. The van der Waals surface area contributed by atoms with Crippen LogP contribution in [0.1, 0.15) is 64.1 Å². The number of aromatic nitrogens is 1. The van der Waals surface area contributed by atoms with Crippen LogP contribution in [0, 0.1) is 24.2 Å². The zero-order valence-electron chi connectivity index (χ0n) is 43.6. The molecule has 0 spiro atoms. The summed E-state index contributed by atoms with van der Waals surface area (Å²) < 4.78 is 75.3. The molecule has 4 heterocycles. The largest absolute Gasteiger partial charge is 0.493 e. The molecule has 8 rings (SSSR count). The van der Waals surface area contributed by atoms with Gasteiger partial charge in [-0.05, 0) is 89.8 Å². The molecular weight excluding hydrogens is 1070 g/mol. The van der Waals surface area contributed by atoms with Crippen molar-refractivity contribution in [1.82, 2.24) is 25.0 Å². The molecule has 0 saturated carbocycles. The van der Waals surface area contributed by atoms with Crippen molar-refractivity contribution in [3.05, 3.63) is 128 Å². The first-order valence-corrected chi connectivity index (χ1v) is 26.9. The molecule has 2 fully saturated rings. The number of benzene rings is 4. The van der Waals surface area contributed by atoms with Gasteiger partial charge in [-0.2, -0.15) is 18.4 Å². The number of aliphatic hydroxyl groups is 1. The second kappa shape index (κ2) is 26.1. The number of thioether (sulfide) groups is 1. The predicted molar refractivity (Wildman–Crippen MR) is 285 cm³/mol. The number of nitrogens with zero attached hydrogens (tertiary/aromatic N) is 5. The maximum absolute atomic E-state index is 14.2. The van der Waals surface area contributed by atoms with E-state index in [4.69, 9.17) is 33.7 Å². The van der Waals surface area contributed by atoms with E-state index in [-0.39, 0.29) is 113 Å². The first-order valence-electron chi connectivity index (χ1n) is 25.2. The van der Waals surface area contributed by atoms with Gasteiger partial charge in [-0.25, -0.2) is 4.98 Å². The number of carbonyl (C=O) groups is 5. The Bertz CT molecular complexity index is 3150. The maximum atomic E-state index is 14.2. The molecule has 18 nitrogen and oxygen atoms in total. The zero-order valence-corrected chi connectivity index (χ0v) is 45.2. The molecule has 0 aliphatic carbocycles. The predicted octanol–water partition coefficient (Wildman–Crippen LogP) is 8.23. The maximum Gasteiger partial charge on any atom is 0.420 e. The van der Waals surface area contributed by atoms with Crippen molar-refractivity contribution in [2.75, 3.05) is 66.4 Å². The number of halogens is 3. The number of hydrogen-bond donors (Lipinski definition) is 2. The Labute approximate surface area is 462 Å². The highest BCUT2D eigenvalue weighted by molar-refractivity contribution is 8.18. The molecule has 1 aromatic heterocycles. The van der Waals surface area contributed by atoms with Gasteiger partial charge in [0, 0.05) is 37.2 Å². The normalized spacial score (nSPS) is 17.2. The smallest absolute Gasteiger partial charge is 0.420 e. The summed E-state index contributed by atoms with van der Waals surface area (Å²) in [4.78, 5) is 77.0. The minimum absolute atomic E-state index is 0.0173. The summed E-state index contributed by atoms with van der Waals surface area (Å²) in [6, 6.07) is 20.0. The zero-order chi connectivity index (χ0) is 56.4. The summed E-state index contributed by atoms with van der Waals surface area (Å²) in [7, 11) is 1.30. The van der Waals surface area contributed by atoms with E-state index in [1.165, 1.54) is 53.7 Å². The molecule has 5 aromatic rings. The van der Waals surface area contributed by atoms with Crippen molar-refractivity contribution >= 4 is 58.0 Å². The number of aliphatic hydroxyl groups excluding tert-OH is 1. The number of β-amino-alcohol motifs (C(OH)–C–C–N with tert-alkyl or cyclic N) is 1. The third-order valence-electron chi connectivity index (χ3n) is 13.1. The van der Waals surface area contributed by atoms with E-state index in [0.717, 1.165) is 44.4 Å². The standard InChI is InChI=1S/C56H57F3N6O12S2/c1-33(2)49(65-30-39-7-5-6-8-41(39)52(65)68)54(70)64-31-40(66)27-43(64)51(67)61-29-38-12-11-37(50-34(3)62-32-78-50)26-46(38)76-22-21-75-20-19-74-18-17-73-16-15-63-53(69)48(79-55(63)71)25-35-9-14-45(47(24-35)72-4)77-44-13-10-36(28-60)23-42(44)56(57,58)59/h5-14,23-26,32-33,40,43,49,66H,15-22,27,29-31H2,1-4H3,(H,61,67)/b48-25-/t40-,43+,49+/m1/s1. The Morgan fingerprint density at radius 3 is 2.30 bits per heavy atom. The van der Waals surface area contributed by atoms with Crippen molar-refractivity contribution in [2.24, 2.45) is 5.92 Å². The molecule has 4 aromatic carbocycles. The molecule has 23 heteroatoms. The number of aryl methyl sites for hydroxylation is 1. The van der Waals surface area contributed by atoms with Crippen LogP contribution in [0.5, 0.6) is 23.0 Å². The first-order chi connectivity index (χ1) is 37.9. The third-order valence-corrected chi connectivity index (χ3v) is 15.0. The number of alkyl halides is 3. The number of likely N-dealkylation sites (tertiary alicyclic amines) is 1. The van der Waals surface area contributed by atoms with Crippen molar-refractivity contribution in [3.8, 4) is 39.5 Å². The molecule has 3 aliphatic heterocycles. The lowest BCUT2D eigenvalue weighted by Gasteiger charge is -2.35. The molecule has 0 unspecified atom stereocenters. The number of ether oxygens (including phenoxy) is 6. The molecule has 79 heavy (non-hydrogen) atoms. The summed E-state index contributed by atoms with van der Waals surface area (Å²) >= 11 is 2.21. The average molecular weight is 1130 g/mol. The van der Waals surface area contributed by atoms with E-state index in [1.807, 2.05) is 51.1 Å². The van der Waals surface area contributed by atoms with Gasteiger partial charge in [0.2, 0.25) is 11.8 Å². The molecule has 0 bridgehead atoms. The fraction of sp³-hybridized carbons (Fsp3) is 0.375. The van der Waals surface area contributed by atoms with E-state index in [2.05, 4.69) is 10.3 Å². The lowest BCUT2D eigenvalue weighted by atomic mass is 10.0. The molecule has 2 N–H and O–H groups in total. The van der Waals surface area contributed by atoms with Crippen LogP contribution in [0.15, 0.2) is 89.3 Å². The van der Waals surface area contributed by atoms with Gasteiger partial charge < -0.3 is 48.6 Å². The molecule has 416 valence electrons. The van der Waals surface area contributed by atoms with Crippen LogP contribution in [0.25, 0.3) is 16.5 Å². The molecule has 0 radical (unpaired) electrons. The Hall–Kier alpha value is -7.33. The molecule has 5 amide bonds. The van der Waals surface area contributed by atoms with Gasteiger partial charge in [0.05, 0.1) is 97.6 Å². The summed E-state index contributed by atoms with van der Waals surface area (Å²) in [5.41, 5.74) is 4.64. The Morgan fingerprint density at radius 2 is 1.62 bits per heavy atom. The third kappa shape index (κ3) is 13.9. The number of imide groups is 1. The minimum Gasteiger partial charge on any atom is -0.493 e. The fourth-order valence-electron chi connectivity index (χ4n) is 9.25. The van der Waals surface area contributed by atoms with Crippen LogP contribution < -0.4 is 19.5 Å². The number of amides is 5. The number of nitrogens with one attached hydrogen (secondary N) is 1. The van der Waals surface area contributed by atoms with Gasteiger partial charge in [-0.15, -0.1) is 11.3 Å². The first kappa shape index (κ1) is 57.8. The fourth-order valence-corrected chi connectivity index (χ4v) is 10.9. The van der Waals surface area contributed by atoms with E-state index in [1.54, 1.807) is 28.6 Å². The van der Waals surface area contributed by atoms with Crippen LogP contribution in [-0.4, -0.2) is 138 Å². The van der Waals surface area contributed by atoms with E-state index >= 15 is 0 Å². The van der Waals surface area contributed by atoms with Crippen LogP contribution in [-0.2, 0) is 47.9 Å². The van der Waals surface area contributed by atoms with Gasteiger partial charge in [0.15, 0.2) is 11.5 Å². The van der Waals surface area contributed by atoms with Gasteiger partial charge in [-0.3, -0.25) is 28.9 Å². The summed E-state index contributed by atoms with van der Waals surface area (Å²) in [5, 5.41) is 22.3. The van der Waals surface area contributed by atoms with Crippen LogP contribution in [0.3, 0.4) is 0 Å². The van der Waals surface area contributed by atoms with E-state index < -0.39 is 58.6 Å². The highest BCUT2D eigenvalue weighted by Gasteiger charge is 2.46. The topological polar surface area (TPSA) is 219 Å². The number of fused-ring (bicyclic) bond motifs is 1. The Morgan fingerprint density at radius 1 is 0.899 bits per heavy atom. The number of nitriles is 1. The van der Waals surface area contributed by atoms with E-state index in [0.29, 0.717) is 28.5 Å². The highest BCUT2D eigenvalue weighted by Crippen LogP contribution is 2.42. The van der Waals surface area contributed by atoms with Crippen molar-refractivity contribution in [2.45, 2.75) is 64.6 Å². The number of hydrogen-bond acceptors (Lipinski definition) is 16. The lowest BCUT2D eigenvalue weighted by molar-refractivity contribution is -0.143.